The average molecular weight is 488 g/mol. The number of carbonyl (C=O) groups is 1. The van der Waals surface area contributed by atoms with E-state index in [0.717, 1.165) is 37.1 Å². The Morgan fingerprint density at radius 3 is 2.52 bits per heavy atom. The van der Waals surface area contributed by atoms with Gasteiger partial charge in [0.25, 0.3) is 5.91 Å². The van der Waals surface area contributed by atoms with Crippen LogP contribution in [0.1, 0.15) is 35.2 Å². The van der Waals surface area contributed by atoms with E-state index in [1.807, 2.05) is 29.2 Å². The van der Waals surface area contributed by atoms with Crippen molar-refractivity contribution >= 4 is 34.9 Å². The monoisotopic (exact) mass is 487 g/mol. The largest absolute Gasteiger partial charge is 0.489 e. The number of aromatic nitrogens is 1. The first-order chi connectivity index (χ1) is 15.9. The van der Waals surface area contributed by atoms with Crippen molar-refractivity contribution in [2.45, 2.75) is 25.7 Å². The van der Waals surface area contributed by atoms with Crippen LogP contribution in [0.4, 0.5) is 10.2 Å². The summed E-state index contributed by atoms with van der Waals surface area (Å²) in [7, 11) is 0. The second-order valence-corrected chi connectivity index (χ2v) is 8.74. The maximum atomic E-state index is 13.7. The Morgan fingerprint density at radius 2 is 1.79 bits per heavy atom. The summed E-state index contributed by atoms with van der Waals surface area (Å²) in [6.45, 7) is 1.83. The number of nitrogen functional groups attached to an aromatic ring is 1. The number of halogens is 3. The number of nitrogens with two attached hydrogens (primary N) is 1. The molecule has 1 amide bonds. The van der Waals surface area contributed by atoms with Gasteiger partial charge in [-0.15, -0.1) is 0 Å². The number of hydrogen-bond acceptors (Lipinski definition) is 4. The first-order valence-electron chi connectivity index (χ1n) is 10.8. The number of carbonyl (C=O) groups excluding carboxylic acids is 1. The highest BCUT2D eigenvalue weighted by atomic mass is 35.5. The quantitative estimate of drug-likeness (QED) is 0.431. The fraction of sp³-hybridized carbons (Fsp3) is 0.280. The van der Waals surface area contributed by atoms with E-state index >= 15 is 0 Å². The van der Waals surface area contributed by atoms with E-state index in [4.69, 9.17) is 33.7 Å². The summed E-state index contributed by atoms with van der Waals surface area (Å²) in [5.74, 6) is 0.188. The van der Waals surface area contributed by atoms with E-state index in [-0.39, 0.29) is 23.4 Å². The Bertz CT molecular complexity index is 1150. The second kappa shape index (κ2) is 10.4. The lowest BCUT2D eigenvalue weighted by atomic mass is 10.0. The predicted octanol–water partition coefficient (Wildman–Crippen LogP) is 6.02. The highest BCUT2D eigenvalue weighted by Crippen LogP contribution is 2.30. The Kier molecular flexibility index (Phi) is 7.36. The summed E-state index contributed by atoms with van der Waals surface area (Å²) in [5.41, 5.74) is 8.82. The van der Waals surface area contributed by atoms with Crippen molar-refractivity contribution in [1.29, 1.82) is 0 Å². The molecule has 1 saturated heterocycles. The summed E-state index contributed by atoms with van der Waals surface area (Å²) in [6.07, 6.45) is 5.26. The molecule has 0 unspecified atom stereocenters. The minimum absolute atomic E-state index is 0.00913. The molecule has 0 spiro atoms. The first-order valence-corrected chi connectivity index (χ1v) is 11.6. The number of ether oxygens (including phenoxy) is 1. The number of amides is 1. The van der Waals surface area contributed by atoms with Gasteiger partial charge in [0.15, 0.2) is 11.6 Å². The van der Waals surface area contributed by atoms with Gasteiger partial charge in [0.05, 0.1) is 11.6 Å². The topological polar surface area (TPSA) is 68.5 Å². The average Bonchev–Trinajstić information content (AvgIpc) is 2.85. The minimum Gasteiger partial charge on any atom is -0.489 e. The lowest BCUT2D eigenvalue weighted by Crippen LogP contribution is -2.35. The zero-order chi connectivity index (χ0) is 23.4. The first kappa shape index (κ1) is 23.3. The van der Waals surface area contributed by atoms with Crippen LogP contribution in [0.25, 0.3) is 11.1 Å². The Labute approximate surface area is 202 Å². The molecule has 1 aliphatic rings. The molecule has 0 bridgehead atoms. The molecule has 2 N–H and O–H groups in total. The van der Waals surface area contributed by atoms with E-state index in [2.05, 4.69) is 4.98 Å². The normalized spacial score (nSPS) is 13.7. The Hall–Kier alpha value is -2.83. The molecule has 33 heavy (non-hydrogen) atoms. The molecule has 1 fully saturated rings. The van der Waals surface area contributed by atoms with Crippen LogP contribution in [0.3, 0.4) is 0 Å². The number of anilines is 1. The van der Waals surface area contributed by atoms with E-state index in [0.29, 0.717) is 28.3 Å². The summed E-state index contributed by atoms with van der Waals surface area (Å²) >= 11 is 12.2. The lowest BCUT2D eigenvalue weighted by Gasteiger charge is -2.26. The van der Waals surface area contributed by atoms with Gasteiger partial charge in [-0.05, 0) is 60.7 Å². The molecule has 4 rings (SSSR count). The molecular weight excluding hydrogens is 464 g/mol. The van der Waals surface area contributed by atoms with Crippen molar-refractivity contribution in [1.82, 2.24) is 9.88 Å². The molecule has 2 aromatic carbocycles. The predicted molar refractivity (Wildman–Crippen MR) is 129 cm³/mol. The van der Waals surface area contributed by atoms with Crippen LogP contribution >= 0.6 is 23.2 Å². The van der Waals surface area contributed by atoms with Crippen molar-refractivity contribution in [3.63, 3.8) is 0 Å². The number of hydrogen-bond donors (Lipinski definition) is 1. The van der Waals surface area contributed by atoms with Crippen molar-refractivity contribution in [2.24, 2.45) is 0 Å². The fourth-order valence-corrected chi connectivity index (χ4v) is 4.43. The van der Waals surface area contributed by atoms with Gasteiger partial charge in [-0.1, -0.05) is 35.3 Å². The summed E-state index contributed by atoms with van der Waals surface area (Å²) in [5, 5.41) is 0.370. The van der Waals surface area contributed by atoms with Gasteiger partial charge in [-0.3, -0.25) is 4.79 Å². The molecule has 0 aliphatic carbocycles. The van der Waals surface area contributed by atoms with E-state index in [1.54, 1.807) is 12.3 Å². The maximum Gasteiger partial charge on any atom is 0.253 e. The molecule has 2 heterocycles. The van der Waals surface area contributed by atoms with Crippen molar-refractivity contribution in [2.75, 3.05) is 25.4 Å². The van der Waals surface area contributed by atoms with Crippen LogP contribution in [-0.4, -0.2) is 35.5 Å². The van der Waals surface area contributed by atoms with Crippen LogP contribution in [0.2, 0.25) is 10.0 Å². The van der Waals surface area contributed by atoms with Crippen LogP contribution < -0.4 is 10.5 Å². The highest BCUT2D eigenvalue weighted by molar-refractivity contribution is 6.36. The summed E-state index contributed by atoms with van der Waals surface area (Å²) < 4.78 is 19.5. The smallest absolute Gasteiger partial charge is 0.253 e. The third-order valence-electron chi connectivity index (χ3n) is 5.74. The van der Waals surface area contributed by atoms with E-state index in [1.165, 1.54) is 18.6 Å². The van der Waals surface area contributed by atoms with E-state index < -0.39 is 5.82 Å². The van der Waals surface area contributed by atoms with Gasteiger partial charge in [-0.25, -0.2) is 9.37 Å². The van der Waals surface area contributed by atoms with Crippen LogP contribution in [0, 0.1) is 5.82 Å². The summed E-state index contributed by atoms with van der Waals surface area (Å²) in [4.78, 5) is 18.8. The molecule has 172 valence electrons. The third kappa shape index (κ3) is 5.40. The van der Waals surface area contributed by atoms with Gasteiger partial charge in [-0.2, -0.15) is 0 Å². The Morgan fingerprint density at radius 1 is 1.06 bits per heavy atom. The molecule has 1 aromatic heterocycles. The SMILES string of the molecule is Nc1ncc(-c2ccc(C(=O)N3CCCCC3)cc2)cc1OCCc1c(Cl)ccc(F)c1Cl. The maximum absolute atomic E-state index is 13.7. The summed E-state index contributed by atoms with van der Waals surface area (Å²) in [6, 6.07) is 11.9. The standard InChI is InChI=1S/C25H24Cl2FN3O2/c26-20-8-9-21(28)23(27)19(20)10-13-33-22-14-18(15-30-24(22)29)16-4-6-17(7-5-16)25(32)31-11-2-1-3-12-31/h4-9,14-15H,1-3,10-13H2,(H2,29,30). The van der Waals surface area contributed by atoms with Crippen molar-refractivity contribution in [3.8, 4) is 16.9 Å². The lowest BCUT2D eigenvalue weighted by molar-refractivity contribution is 0.0724. The Balaban J connectivity index is 1.45. The van der Waals surface area contributed by atoms with Crippen LogP contribution in [0.5, 0.6) is 5.75 Å². The van der Waals surface area contributed by atoms with Crippen molar-refractivity contribution < 1.29 is 13.9 Å². The molecule has 8 heteroatoms. The molecule has 0 atom stereocenters. The number of benzene rings is 2. The molecule has 5 nitrogen and oxygen atoms in total. The fourth-order valence-electron chi connectivity index (χ4n) is 3.87. The number of rotatable bonds is 6. The molecule has 3 aromatic rings. The highest BCUT2D eigenvalue weighted by Gasteiger charge is 2.18. The second-order valence-electron chi connectivity index (χ2n) is 7.96. The molecule has 0 radical (unpaired) electrons. The van der Waals surface area contributed by atoms with Gasteiger partial charge in [0.1, 0.15) is 5.82 Å². The minimum atomic E-state index is -0.526. The van der Waals surface area contributed by atoms with E-state index in [9.17, 15) is 9.18 Å². The number of nitrogens with zero attached hydrogens (tertiary/aromatic N) is 2. The van der Waals surface area contributed by atoms with Crippen molar-refractivity contribution in [3.05, 3.63) is 75.7 Å². The molecule has 1 aliphatic heterocycles. The molecule has 0 saturated carbocycles. The van der Waals surface area contributed by atoms with Gasteiger partial charge in [0.2, 0.25) is 0 Å². The zero-order valence-electron chi connectivity index (χ0n) is 18.0. The van der Waals surface area contributed by atoms with Gasteiger partial charge < -0.3 is 15.4 Å². The zero-order valence-corrected chi connectivity index (χ0v) is 19.5. The third-order valence-corrected chi connectivity index (χ3v) is 6.50. The van der Waals surface area contributed by atoms with Crippen LogP contribution in [-0.2, 0) is 6.42 Å². The van der Waals surface area contributed by atoms with Crippen LogP contribution in [0.15, 0.2) is 48.7 Å². The van der Waals surface area contributed by atoms with Gasteiger partial charge in [0, 0.05) is 41.9 Å². The number of piperidine rings is 1. The van der Waals surface area contributed by atoms with Gasteiger partial charge >= 0.3 is 0 Å². The molecular formula is C25H24Cl2FN3O2. The number of pyridine rings is 1. The number of likely N-dealkylation sites (tertiary alicyclic amines) is 1.